The van der Waals surface area contributed by atoms with Gasteiger partial charge in [0, 0.05) is 17.4 Å². The number of amides is 1. The first-order valence-corrected chi connectivity index (χ1v) is 8.26. The Kier molecular flexibility index (Phi) is 4.02. The standard InChI is InChI=1S/C18H26N2O2/c1-18(2,3)22-17(21)20-15-8-6-14(7-9-15)19-16-11-12-4-5-13(16)10-12/h6-9,12-13,16,19H,4-5,10-11H2,1-3H3,(H,20,21). The number of hydrogen-bond acceptors (Lipinski definition) is 3. The van der Waals surface area contributed by atoms with Gasteiger partial charge >= 0.3 is 6.09 Å². The largest absolute Gasteiger partial charge is 0.444 e. The fraction of sp³-hybridized carbons (Fsp3) is 0.611. The second-order valence-corrected chi connectivity index (χ2v) is 7.63. The van der Waals surface area contributed by atoms with Crippen LogP contribution in [0.4, 0.5) is 16.2 Å². The molecular weight excluding hydrogens is 276 g/mol. The Morgan fingerprint density at radius 3 is 2.32 bits per heavy atom. The van der Waals surface area contributed by atoms with E-state index < -0.39 is 11.7 Å². The lowest BCUT2D eigenvalue weighted by Gasteiger charge is -2.24. The number of ether oxygens (including phenoxy) is 1. The Morgan fingerprint density at radius 1 is 1.09 bits per heavy atom. The molecule has 1 aromatic carbocycles. The first-order valence-electron chi connectivity index (χ1n) is 8.26. The molecule has 4 nitrogen and oxygen atoms in total. The van der Waals surface area contributed by atoms with Crippen LogP contribution in [0.15, 0.2) is 24.3 Å². The van der Waals surface area contributed by atoms with Gasteiger partial charge in [-0.05, 0) is 76.1 Å². The molecule has 1 amide bonds. The molecule has 0 aromatic heterocycles. The number of hydrogen-bond donors (Lipinski definition) is 2. The maximum Gasteiger partial charge on any atom is 0.412 e. The zero-order valence-corrected chi connectivity index (χ0v) is 13.7. The molecule has 2 aliphatic rings. The van der Waals surface area contributed by atoms with Gasteiger partial charge in [0.15, 0.2) is 0 Å². The van der Waals surface area contributed by atoms with Crippen LogP contribution >= 0.6 is 0 Å². The number of carbonyl (C=O) groups is 1. The zero-order valence-electron chi connectivity index (χ0n) is 13.7. The molecule has 120 valence electrons. The Bertz CT molecular complexity index is 533. The summed E-state index contributed by atoms with van der Waals surface area (Å²) >= 11 is 0. The SMILES string of the molecule is CC(C)(C)OC(=O)Nc1ccc(NC2CC3CCC2C3)cc1. The molecule has 0 radical (unpaired) electrons. The van der Waals surface area contributed by atoms with Gasteiger partial charge in [-0.3, -0.25) is 5.32 Å². The normalized spacial score (nSPS) is 26.8. The van der Waals surface area contributed by atoms with Crippen molar-refractivity contribution in [2.45, 2.75) is 58.1 Å². The summed E-state index contributed by atoms with van der Waals surface area (Å²) in [6.45, 7) is 5.57. The highest BCUT2D eigenvalue weighted by Crippen LogP contribution is 2.45. The van der Waals surface area contributed by atoms with Crippen LogP contribution in [-0.2, 0) is 4.74 Å². The average molecular weight is 302 g/mol. The van der Waals surface area contributed by atoms with Gasteiger partial charge in [0.2, 0.25) is 0 Å². The van der Waals surface area contributed by atoms with Crippen molar-refractivity contribution in [2.24, 2.45) is 11.8 Å². The lowest BCUT2D eigenvalue weighted by Crippen LogP contribution is -2.27. The van der Waals surface area contributed by atoms with Gasteiger partial charge in [-0.1, -0.05) is 6.42 Å². The number of anilines is 2. The highest BCUT2D eigenvalue weighted by molar-refractivity contribution is 5.85. The summed E-state index contributed by atoms with van der Waals surface area (Å²) in [6.07, 6.45) is 5.09. The van der Waals surface area contributed by atoms with Gasteiger partial charge in [-0.2, -0.15) is 0 Å². The minimum atomic E-state index is -0.479. The summed E-state index contributed by atoms with van der Waals surface area (Å²) in [5.74, 6) is 1.79. The number of carbonyl (C=O) groups excluding carboxylic acids is 1. The van der Waals surface area contributed by atoms with E-state index in [1.54, 1.807) is 0 Å². The Labute approximate surface area is 132 Å². The molecule has 2 fully saturated rings. The highest BCUT2D eigenvalue weighted by atomic mass is 16.6. The molecule has 0 spiro atoms. The van der Waals surface area contributed by atoms with Crippen LogP contribution in [0, 0.1) is 11.8 Å². The van der Waals surface area contributed by atoms with E-state index in [1.165, 1.54) is 25.7 Å². The first kappa shape index (κ1) is 15.2. The van der Waals surface area contributed by atoms with Crippen molar-refractivity contribution in [1.29, 1.82) is 0 Å². The van der Waals surface area contributed by atoms with E-state index in [1.807, 2.05) is 45.0 Å². The van der Waals surface area contributed by atoms with Crippen molar-refractivity contribution >= 4 is 17.5 Å². The average Bonchev–Trinajstić information content (AvgIpc) is 3.01. The molecule has 2 N–H and O–H groups in total. The maximum atomic E-state index is 11.7. The van der Waals surface area contributed by atoms with E-state index in [2.05, 4.69) is 10.6 Å². The molecule has 2 aliphatic carbocycles. The molecule has 2 bridgehead atoms. The number of rotatable bonds is 3. The molecule has 1 aromatic rings. The van der Waals surface area contributed by atoms with Crippen LogP contribution < -0.4 is 10.6 Å². The van der Waals surface area contributed by atoms with Crippen LogP contribution in [0.1, 0.15) is 46.5 Å². The third-order valence-corrected chi connectivity index (χ3v) is 4.62. The molecule has 0 saturated heterocycles. The summed E-state index contributed by atoms with van der Waals surface area (Å²) in [4.78, 5) is 11.7. The van der Waals surface area contributed by atoms with E-state index in [0.29, 0.717) is 6.04 Å². The Balaban J connectivity index is 1.53. The third kappa shape index (κ3) is 3.73. The quantitative estimate of drug-likeness (QED) is 0.855. The number of nitrogens with one attached hydrogen (secondary N) is 2. The van der Waals surface area contributed by atoms with Crippen LogP contribution in [0.25, 0.3) is 0 Å². The predicted molar refractivity (Wildman–Crippen MR) is 89.2 cm³/mol. The summed E-state index contributed by atoms with van der Waals surface area (Å²) in [5.41, 5.74) is 1.41. The molecule has 2 saturated carbocycles. The van der Waals surface area contributed by atoms with Crippen molar-refractivity contribution in [3.8, 4) is 0 Å². The summed E-state index contributed by atoms with van der Waals surface area (Å²) in [6, 6.07) is 8.51. The molecule has 3 atom stereocenters. The lowest BCUT2D eigenvalue weighted by atomic mass is 9.95. The fourth-order valence-corrected chi connectivity index (χ4v) is 3.71. The van der Waals surface area contributed by atoms with Crippen molar-refractivity contribution in [1.82, 2.24) is 0 Å². The van der Waals surface area contributed by atoms with E-state index >= 15 is 0 Å². The van der Waals surface area contributed by atoms with E-state index in [9.17, 15) is 4.79 Å². The van der Waals surface area contributed by atoms with E-state index in [-0.39, 0.29) is 0 Å². The summed E-state index contributed by atoms with van der Waals surface area (Å²) in [5, 5.41) is 6.40. The molecule has 3 rings (SSSR count). The molecule has 0 aliphatic heterocycles. The van der Waals surface area contributed by atoms with Gasteiger partial charge in [-0.25, -0.2) is 4.79 Å². The highest BCUT2D eigenvalue weighted by Gasteiger charge is 2.39. The van der Waals surface area contributed by atoms with Crippen molar-refractivity contribution in [3.63, 3.8) is 0 Å². The summed E-state index contributed by atoms with van der Waals surface area (Å²) < 4.78 is 5.25. The van der Waals surface area contributed by atoms with Crippen molar-refractivity contribution in [2.75, 3.05) is 10.6 Å². The first-order chi connectivity index (χ1) is 10.4. The molecule has 22 heavy (non-hydrogen) atoms. The molecule has 4 heteroatoms. The topological polar surface area (TPSA) is 50.4 Å². The lowest BCUT2D eigenvalue weighted by molar-refractivity contribution is 0.0636. The molecule has 3 unspecified atom stereocenters. The van der Waals surface area contributed by atoms with Gasteiger partial charge < -0.3 is 10.1 Å². The van der Waals surface area contributed by atoms with Crippen molar-refractivity contribution in [3.05, 3.63) is 24.3 Å². The smallest absolute Gasteiger partial charge is 0.412 e. The van der Waals surface area contributed by atoms with Crippen molar-refractivity contribution < 1.29 is 9.53 Å². The van der Waals surface area contributed by atoms with Crippen LogP contribution in [0.2, 0.25) is 0 Å². The second kappa shape index (κ2) is 5.82. The van der Waals surface area contributed by atoms with Gasteiger partial charge in [-0.15, -0.1) is 0 Å². The van der Waals surface area contributed by atoms with Gasteiger partial charge in [0.1, 0.15) is 5.60 Å². The van der Waals surface area contributed by atoms with Gasteiger partial charge in [0.05, 0.1) is 0 Å². The monoisotopic (exact) mass is 302 g/mol. The third-order valence-electron chi connectivity index (χ3n) is 4.62. The maximum absolute atomic E-state index is 11.7. The van der Waals surface area contributed by atoms with E-state index in [4.69, 9.17) is 4.74 Å². The minimum Gasteiger partial charge on any atom is -0.444 e. The Hall–Kier alpha value is -1.71. The minimum absolute atomic E-state index is 0.415. The van der Waals surface area contributed by atoms with Crippen LogP contribution in [0.5, 0.6) is 0 Å². The predicted octanol–water partition coefficient (Wildman–Crippen LogP) is 4.63. The molecular formula is C18H26N2O2. The number of fused-ring (bicyclic) bond motifs is 2. The van der Waals surface area contributed by atoms with Crippen LogP contribution in [-0.4, -0.2) is 17.7 Å². The second-order valence-electron chi connectivity index (χ2n) is 7.63. The Morgan fingerprint density at radius 2 is 1.77 bits per heavy atom. The summed E-state index contributed by atoms with van der Waals surface area (Å²) in [7, 11) is 0. The molecule has 0 heterocycles. The van der Waals surface area contributed by atoms with E-state index in [0.717, 1.165) is 23.2 Å². The van der Waals surface area contributed by atoms with Gasteiger partial charge in [0.25, 0.3) is 0 Å². The number of benzene rings is 1. The van der Waals surface area contributed by atoms with Crippen LogP contribution in [0.3, 0.4) is 0 Å². The zero-order chi connectivity index (χ0) is 15.7. The fourth-order valence-electron chi connectivity index (χ4n) is 3.71.